The van der Waals surface area contributed by atoms with E-state index in [9.17, 15) is 9.59 Å². The number of benzene rings is 1. The number of anilines is 2. The van der Waals surface area contributed by atoms with Crippen molar-refractivity contribution < 1.29 is 9.59 Å². The summed E-state index contributed by atoms with van der Waals surface area (Å²) in [6.45, 7) is 2.20. The maximum atomic E-state index is 12.4. The van der Waals surface area contributed by atoms with Crippen molar-refractivity contribution in [1.82, 2.24) is 15.0 Å². The van der Waals surface area contributed by atoms with Crippen molar-refractivity contribution in [3.63, 3.8) is 0 Å². The molecule has 1 aromatic carbocycles. The number of hydrogen-bond donors (Lipinski definition) is 0. The highest BCUT2D eigenvalue weighted by atomic mass is 16.2. The molecule has 0 bridgehead atoms. The van der Waals surface area contributed by atoms with Crippen LogP contribution in [0.25, 0.3) is 0 Å². The highest BCUT2D eigenvalue weighted by Gasteiger charge is 2.37. The van der Waals surface area contributed by atoms with Crippen LogP contribution in [0.4, 0.5) is 11.6 Å². The van der Waals surface area contributed by atoms with E-state index in [0.29, 0.717) is 18.2 Å². The average Bonchev–Trinajstić information content (AvgIpc) is 2.99. The van der Waals surface area contributed by atoms with Crippen molar-refractivity contribution in [3.05, 3.63) is 35.9 Å². The molecular weight excluding hydrogens is 294 g/mol. The monoisotopic (exact) mass is 313 g/mol. The largest absolute Gasteiger partial charge is 0.296 e. The van der Waals surface area contributed by atoms with Crippen LogP contribution in [0.1, 0.15) is 12.5 Å². The first-order valence-electron chi connectivity index (χ1n) is 7.53. The number of nitrogens with zero attached hydrogens (tertiary/aromatic N) is 5. The highest BCUT2D eigenvalue weighted by Crippen LogP contribution is 2.31. The van der Waals surface area contributed by atoms with E-state index in [-0.39, 0.29) is 11.8 Å². The van der Waals surface area contributed by atoms with Crippen LogP contribution in [0.2, 0.25) is 0 Å². The Labute approximate surface area is 134 Å². The molecule has 2 amide bonds. The van der Waals surface area contributed by atoms with Crippen LogP contribution in [-0.2, 0) is 22.6 Å². The zero-order chi connectivity index (χ0) is 16.6. The number of fused-ring (bicyclic) bond motifs is 1. The highest BCUT2D eigenvalue weighted by molar-refractivity contribution is 6.15. The molecule has 3 rings (SSSR count). The van der Waals surface area contributed by atoms with Crippen LogP contribution < -0.4 is 9.80 Å². The van der Waals surface area contributed by atoms with E-state index in [0.717, 1.165) is 6.42 Å². The Kier molecular flexibility index (Phi) is 3.85. The zero-order valence-corrected chi connectivity index (χ0v) is 13.4. The van der Waals surface area contributed by atoms with Gasteiger partial charge in [-0.25, -0.2) is 4.68 Å². The first kappa shape index (κ1) is 15.2. The second-order valence-electron chi connectivity index (χ2n) is 5.71. The number of carbonyl (C=O) groups is 2. The van der Waals surface area contributed by atoms with Gasteiger partial charge in [0.05, 0.1) is 0 Å². The van der Waals surface area contributed by atoms with Gasteiger partial charge in [-0.2, -0.15) is 0 Å². The fourth-order valence-electron chi connectivity index (χ4n) is 2.76. The summed E-state index contributed by atoms with van der Waals surface area (Å²) in [7, 11) is 3.28. The first-order chi connectivity index (χ1) is 11.0. The van der Waals surface area contributed by atoms with Gasteiger partial charge in [-0.1, -0.05) is 35.5 Å². The van der Waals surface area contributed by atoms with E-state index < -0.39 is 5.92 Å². The van der Waals surface area contributed by atoms with Crippen molar-refractivity contribution in [1.29, 1.82) is 0 Å². The Morgan fingerprint density at radius 2 is 1.70 bits per heavy atom. The van der Waals surface area contributed by atoms with Crippen LogP contribution in [-0.4, -0.2) is 40.9 Å². The topological polar surface area (TPSA) is 71.3 Å². The standard InChI is InChI=1S/C16H19N5O2/c1-11-15(22)19(2)13-14(20(3)16(11)23)21(18-17-13)10-9-12-7-5-4-6-8-12/h4-8,11H,9-10H2,1-3H3. The predicted molar refractivity (Wildman–Crippen MR) is 86.2 cm³/mol. The molecule has 0 saturated heterocycles. The number of aryl methyl sites for hydroxylation is 2. The predicted octanol–water partition coefficient (Wildman–Crippen LogP) is 1.10. The maximum Gasteiger partial charge on any atom is 0.240 e. The molecule has 1 atom stereocenters. The maximum absolute atomic E-state index is 12.4. The summed E-state index contributed by atoms with van der Waals surface area (Å²) in [6.07, 6.45) is 0.770. The second-order valence-corrected chi connectivity index (χ2v) is 5.71. The average molecular weight is 313 g/mol. The molecule has 0 N–H and O–H groups in total. The van der Waals surface area contributed by atoms with Crippen LogP contribution in [0.3, 0.4) is 0 Å². The quantitative estimate of drug-likeness (QED) is 0.796. The van der Waals surface area contributed by atoms with Gasteiger partial charge in [-0.05, 0) is 18.9 Å². The molecule has 1 unspecified atom stereocenters. The smallest absolute Gasteiger partial charge is 0.240 e. The van der Waals surface area contributed by atoms with Gasteiger partial charge in [0.25, 0.3) is 0 Å². The molecule has 2 heterocycles. The van der Waals surface area contributed by atoms with Gasteiger partial charge >= 0.3 is 0 Å². The van der Waals surface area contributed by atoms with E-state index in [2.05, 4.69) is 10.3 Å². The second kappa shape index (κ2) is 5.83. The van der Waals surface area contributed by atoms with Crippen LogP contribution in [0.15, 0.2) is 30.3 Å². The Balaban J connectivity index is 1.92. The summed E-state index contributed by atoms with van der Waals surface area (Å²) in [5.41, 5.74) is 1.18. The lowest BCUT2D eigenvalue weighted by atomic mass is 10.1. The molecule has 0 fully saturated rings. The summed E-state index contributed by atoms with van der Waals surface area (Å²) in [4.78, 5) is 27.5. The Bertz CT molecular complexity index is 740. The minimum atomic E-state index is -0.721. The number of rotatable bonds is 3. The Morgan fingerprint density at radius 3 is 2.39 bits per heavy atom. The minimum Gasteiger partial charge on any atom is -0.296 e. The van der Waals surface area contributed by atoms with Gasteiger partial charge in [0.15, 0.2) is 5.82 Å². The van der Waals surface area contributed by atoms with Gasteiger partial charge in [0.1, 0.15) is 5.92 Å². The molecule has 1 aliphatic rings. The van der Waals surface area contributed by atoms with Crippen molar-refractivity contribution >= 4 is 23.5 Å². The van der Waals surface area contributed by atoms with Crippen molar-refractivity contribution in [2.24, 2.45) is 5.92 Å². The molecular formula is C16H19N5O2. The summed E-state index contributed by atoms with van der Waals surface area (Å²) in [6, 6.07) is 10.0. The van der Waals surface area contributed by atoms with Crippen LogP contribution >= 0.6 is 0 Å². The van der Waals surface area contributed by atoms with Crippen molar-refractivity contribution in [2.75, 3.05) is 23.9 Å². The zero-order valence-electron chi connectivity index (χ0n) is 13.4. The van der Waals surface area contributed by atoms with E-state index >= 15 is 0 Å². The van der Waals surface area contributed by atoms with Gasteiger partial charge in [0, 0.05) is 20.6 Å². The summed E-state index contributed by atoms with van der Waals surface area (Å²) in [5.74, 6) is -0.254. The van der Waals surface area contributed by atoms with E-state index in [1.54, 1.807) is 25.7 Å². The molecule has 0 spiro atoms. The van der Waals surface area contributed by atoms with Gasteiger partial charge in [-0.15, -0.1) is 5.10 Å². The molecule has 1 aliphatic heterocycles. The fraction of sp³-hybridized carbons (Fsp3) is 0.375. The lowest BCUT2D eigenvalue weighted by Gasteiger charge is -2.18. The van der Waals surface area contributed by atoms with Crippen LogP contribution in [0, 0.1) is 5.92 Å². The normalized spacial score (nSPS) is 18.1. The third-order valence-corrected chi connectivity index (χ3v) is 4.18. The lowest BCUT2D eigenvalue weighted by Crippen LogP contribution is -2.38. The van der Waals surface area contributed by atoms with E-state index in [1.807, 2.05) is 30.3 Å². The molecule has 7 heteroatoms. The molecule has 1 aromatic heterocycles. The third-order valence-electron chi connectivity index (χ3n) is 4.18. The number of aromatic nitrogens is 3. The number of hydrogen-bond acceptors (Lipinski definition) is 4. The number of carbonyl (C=O) groups excluding carboxylic acids is 2. The first-order valence-corrected chi connectivity index (χ1v) is 7.53. The van der Waals surface area contributed by atoms with E-state index in [1.165, 1.54) is 15.4 Å². The van der Waals surface area contributed by atoms with Gasteiger partial charge in [0.2, 0.25) is 17.6 Å². The van der Waals surface area contributed by atoms with Gasteiger partial charge < -0.3 is 0 Å². The molecule has 7 nitrogen and oxygen atoms in total. The van der Waals surface area contributed by atoms with Crippen molar-refractivity contribution in [2.45, 2.75) is 19.9 Å². The Morgan fingerprint density at radius 1 is 1.04 bits per heavy atom. The fourth-order valence-corrected chi connectivity index (χ4v) is 2.76. The van der Waals surface area contributed by atoms with Crippen molar-refractivity contribution in [3.8, 4) is 0 Å². The summed E-state index contributed by atoms with van der Waals surface area (Å²) >= 11 is 0. The summed E-state index contributed by atoms with van der Waals surface area (Å²) in [5, 5.41) is 8.23. The van der Waals surface area contributed by atoms with E-state index in [4.69, 9.17) is 0 Å². The molecule has 2 aromatic rings. The lowest BCUT2D eigenvalue weighted by molar-refractivity contribution is -0.130. The summed E-state index contributed by atoms with van der Waals surface area (Å²) < 4.78 is 1.68. The van der Waals surface area contributed by atoms with Crippen LogP contribution in [0.5, 0.6) is 0 Å². The molecule has 0 saturated carbocycles. The molecule has 23 heavy (non-hydrogen) atoms. The SMILES string of the molecule is CC1C(=O)N(C)c2nnn(CCc3ccccc3)c2N(C)C1=O. The number of amides is 2. The van der Waals surface area contributed by atoms with Gasteiger partial charge in [-0.3, -0.25) is 19.4 Å². The minimum absolute atomic E-state index is 0.246. The molecule has 0 radical (unpaired) electrons. The molecule has 120 valence electrons. The molecule has 0 aliphatic carbocycles. The third kappa shape index (κ3) is 2.58. The Hall–Kier alpha value is -2.70.